The molecule has 0 saturated carbocycles. The van der Waals surface area contributed by atoms with Crippen LogP contribution in [0.15, 0.2) is 43.0 Å². The predicted molar refractivity (Wildman–Crippen MR) is 81.3 cm³/mol. The van der Waals surface area contributed by atoms with Crippen LogP contribution in [0.1, 0.15) is 29.8 Å². The molecule has 0 aliphatic rings. The SMILES string of the molecule is C=Cc1cccc2cc(C(=O)N(CC)CC)ccc12. The zero-order chi connectivity index (χ0) is 13.8. The third-order valence-electron chi connectivity index (χ3n) is 3.43. The van der Waals surface area contributed by atoms with Gasteiger partial charge in [-0.1, -0.05) is 36.9 Å². The Kier molecular flexibility index (Phi) is 4.00. The van der Waals surface area contributed by atoms with Crippen LogP contribution in [0.5, 0.6) is 0 Å². The van der Waals surface area contributed by atoms with E-state index in [0.717, 1.165) is 35.0 Å². The van der Waals surface area contributed by atoms with E-state index in [-0.39, 0.29) is 5.91 Å². The number of amides is 1. The second-order valence-electron chi connectivity index (χ2n) is 4.46. The lowest BCUT2D eigenvalue weighted by molar-refractivity contribution is 0.0773. The van der Waals surface area contributed by atoms with Crippen molar-refractivity contribution in [2.45, 2.75) is 13.8 Å². The number of benzene rings is 2. The standard InChI is InChI=1S/C17H19NO/c1-4-13-8-7-9-14-12-15(10-11-16(13)14)17(19)18(5-2)6-3/h4,7-12H,1,5-6H2,2-3H3. The molecule has 19 heavy (non-hydrogen) atoms. The molecular formula is C17H19NO. The molecule has 0 aromatic heterocycles. The molecule has 0 bridgehead atoms. The number of hydrogen-bond donors (Lipinski definition) is 0. The molecule has 2 rings (SSSR count). The summed E-state index contributed by atoms with van der Waals surface area (Å²) in [5, 5.41) is 2.21. The van der Waals surface area contributed by atoms with Crippen LogP contribution >= 0.6 is 0 Å². The van der Waals surface area contributed by atoms with Crippen molar-refractivity contribution in [3.63, 3.8) is 0 Å². The van der Waals surface area contributed by atoms with Crippen LogP contribution in [0, 0.1) is 0 Å². The number of nitrogens with zero attached hydrogens (tertiary/aromatic N) is 1. The molecule has 2 nitrogen and oxygen atoms in total. The maximum absolute atomic E-state index is 12.3. The average Bonchev–Trinajstić information content (AvgIpc) is 2.47. The molecule has 0 spiro atoms. The second kappa shape index (κ2) is 5.70. The number of carbonyl (C=O) groups excluding carboxylic acids is 1. The van der Waals surface area contributed by atoms with Gasteiger partial charge in [-0.2, -0.15) is 0 Å². The van der Waals surface area contributed by atoms with Crippen molar-refractivity contribution in [2.75, 3.05) is 13.1 Å². The van der Waals surface area contributed by atoms with E-state index < -0.39 is 0 Å². The number of carbonyl (C=O) groups is 1. The van der Waals surface area contributed by atoms with Crippen molar-refractivity contribution < 1.29 is 4.79 Å². The Labute approximate surface area is 114 Å². The molecule has 2 aromatic rings. The van der Waals surface area contributed by atoms with E-state index in [0.29, 0.717) is 0 Å². The molecular weight excluding hydrogens is 234 g/mol. The normalized spacial score (nSPS) is 10.4. The summed E-state index contributed by atoms with van der Waals surface area (Å²) in [6.45, 7) is 9.29. The topological polar surface area (TPSA) is 20.3 Å². The molecule has 0 atom stereocenters. The molecule has 0 radical (unpaired) electrons. The highest BCUT2D eigenvalue weighted by atomic mass is 16.2. The minimum absolute atomic E-state index is 0.0934. The average molecular weight is 253 g/mol. The molecule has 0 fully saturated rings. The van der Waals surface area contributed by atoms with Crippen LogP contribution in [0.2, 0.25) is 0 Å². The third-order valence-corrected chi connectivity index (χ3v) is 3.43. The molecule has 2 aromatic carbocycles. The largest absolute Gasteiger partial charge is 0.339 e. The van der Waals surface area contributed by atoms with Gasteiger partial charge in [0.05, 0.1) is 0 Å². The summed E-state index contributed by atoms with van der Waals surface area (Å²) in [6.07, 6.45) is 1.84. The smallest absolute Gasteiger partial charge is 0.253 e. The van der Waals surface area contributed by atoms with Crippen LogP contribution in [-0.2, 0) is 0 Å². The van der Waals surface area contributed by atoms with E-state index in [1.165, 1.54) is 0 Å². The van der Waals surface area contributed by atoms with E-state index in [4.69, 9.17) is 0 Å². The minimum atomic E-state index is 0.0934. The highest BCUT2D eigenvalue weighted by Crippen LogP contribution is 2.21. The lowest BCUT2D eigenvalue weighted by Crippen LogP contribution is -2.30. The van der Waals surface area contributed by atoms with E-state index in [9.17, 15) is 4.79 Å². The lowest BCUT2D eigenvalue weighted by atomic mass is 10.0. The fourth-order valence-electron chi connectivity index (χ4n) is 2.31. The lowest BCUT2D eigenvalue weighted by Gasteiger charge is -2.18. The summed E-state index contributed by atoms with van der Waals surface area (Å²) in [6, 6.07) is 11.9. The van der Waals surface area contributed by atoms with Gasteiger partial charge in [-0.25, -0.2) is 0 Å². The van der Waals surface area contributed by atoms with Gasteiger partial charge in [0.1, 0.15) is 0 Å². The fourth-order valence-corrected chi connectivity index (χ4v) is 2.31. The Morgan fingerprint density at radius 2 is 1.95 bits per heavy atom. The maximum Gasteiger partial charge on any atom is 0.253 e. The zero-order valence-corrected chi connectivity index (χ0v) is 11.5. The number of rotatable bonds is 4. The van der Waals surface area contributed by atoms with Gasteiger partial charge in [-0.15, -0.1) is 0 Å². The first kappa shape index (κ1) is 13.3. The molecule has 1 amide bonds. The van der Waals surface area contributed by atoms with Crippen molar-refractivity contribution in [2.24, 2.45) is 0 Å². The van der Waals surface area contributed by atoms with Gasteiger partial charge in [-0.3, -0.25) is 4.79 Å². The minimum Gasteiger partial charge on any atom is -0.339 e. The molecule has 0 aliphatic heterocycles. The molecule has 0 saturated heterocycles. The molecule has 2 heteroatoms. The molecule has 0 N–H and O–H groups in total. The Bertz CT molecular complexity index is 612. The van der Waals surface area contributed by atoms with Gasteiger partial charge in [0, 0.05) is 18.7 Å². The Morgan fingerprint density at radius 1 is 1.21 bits per heavy atom. The summed E-state index contributed by atoms with van der Waals surface area (Å²) in [4.78, 5) is 14.1. The van der Waals surface area contributed by atoms with Gasteiger partial charge < -0.3 is 4.90 Å². The van der Waals surface area contributed by atoms with Crippen molar-refractivity contribution in [1.29, 1.82) is 0 Å². The maximum atomic E-state index is 12.3. The monoisotopic (exact) mass is 253 g/mol. The van der Waals surface area contributed by atoms with Crippen molar-refractivity contribution in [3.8, 4) is 0 Å². The van der Waals surface area contributed by atoms with E-state index >= 15 is 0 Å². The third kappa shape index (κ3) is 2.53. The first-order chi connectivity index (χ1) is 9.21. The molecule has 0 unspecified atom stereocenters. The summed E-state index contributed by atoms with van der Waals surface area (Å²) in [5.74, 6) is 0.0934. The van der Waals surface area contributed by atoms with Gasteiger partial charge >= 0.3 is 0 Å². The Hall–Kier alpha value is -2.09. The molecule has 0 heterocycles. The summed E-state index contributed by atoms with van der Waals surface area (Å²) in [5.41, 5.74) is 1.84. The highest BCUT2D eigenvalue weighted by molar-refractivity contribution is 6.00. The van der Waals surface area contributed by atoms with Crippen LogP contribution in [0.25, 0.3) is 16.8 Å². The first-order valence-electron chi connectivity index (χ1n) is 6.65. The van der Waals surface area contributed by atoms with Gasteiger partial charge in [0.15, 0.2) is 0 Å². The van der Waals surface area contributed by atoms with Crippen molar-refractivity contribution in [3.05, 3.63) is 54.1 Å². The van der Waals surface area contributed by atoms with Gasteiger partial charge in [-0.05, 0) is 42.3 Å². The Balaban J connectivity index is 2.48. The van der Waals surface area contributed by atoms with Crippen molar-refractivity contribution >= 4 is 22.8 Å². The first-order valence-corrected chi connectivity index (χ1v) is 6.65. The number of hydrogen-bond acceptors (Lipinski definition) is 1. The van der Waals surface area contributed by atoms with Crippen LogP contribution < -0.4 is 0 Å². The predicted octanol–water partition coefficient (Wildman–Crippen LogP) is 3.96. The second-order valence-corrected chi connectivity index (χ2v) is 4.46. The van der Waals surface area contributed by atoms with Gasteiger partial charge in [0.25, 0.3) is 5.91 Å². The number of fused-ring (bicyclic) bond motifs is 1. The fraction of sp³-hybridized carbons (Fsp3) is 0.235. The van der Waals surface area contributed by atoms with E-state index in [1.807, 2.05) is 61.2 Å². The van der Waals surface area contributed by atoms with Crippen LogP contribution in [0.3, 0.4) is 0 Å². The van der Waals surface area contributed by atoms with Crippen molar-refractivity contribution in [1.82, 2.24) is 4.90 Å². The Morgan fingerprint density at radius 3 is 2.58 bits per heavy atom. The van der Waals surface area contributed by atoms with Crippen LogP contribution in [-0.4, -0.2) is 23.9 Å². The molecule has 98 valence electrons. The van der Waals surface area contributed by atoms with E-state index in [2.05, 4.69) is 6.58 Å². The highest BCUT2D eigenvalue weighted by Gasteiger charge is 2.12. The summed E-state index contributed by atoms with van der Waals surface area (Å²) in [7, 11) is 0. The molecule has 0 aliphatic carbocycles. The zero-order valence-electron chi connectivity index (χ0n) is 11.5. The van der Waals surface area contributed by atoms with Crippen LogP contribution in [0.4, 0.5) is 0 Å². The van der Waals surface area contributed by atoms with Gasteiger partial charge in [0.2, 0.25) is 0 Å². The van der Waals surface area contributed by atoms with E-state index in [1.54, 1.807) is 0 Å². The summed E-state index contributed by atoms with van der Waals surface area (Å²) >= 11 is 0. The quantitative estimate of drug-likeness (QED) is 0.807. The summed E-state index contributed by atoms with van der Waals surface area (Å²) < 4.78 is 0.